The maximum Gasteiger partial charge on any atom is 0.278 e. The molecule has 0 bridgehead atoms. The fourth-order valence-corrected chi connectivity index (χ4v) is 12.1. The lowest BCUT2D eigenvalue weighted by molar-refractivity contribution is -0.164. The average Bonchev–Trinajstić information content (AvgIpc) is 3.36. The van der Waals surface area contributed by atoms with Crippen LogP contribution in [0, 0.1) is 51.8 Å². The third-order valence-corrected chi connectivity index (χ3v) is 16.0. The van der Waals surface area contributed by atoms with Crippen LogP contribution in [0.4, 0.5) is 5.69 Å². The second-order valence-electron chi connectivity index (χ2n) is 21.2. The van der Waals surface area contributed by atoms with Crippen LogP contribution in [0.3, 0.4) is 0 Å². The van der Waals surface area contributed by atoms with Crippen LogP contribution in [0.1, 0.15) is 113 Å². The number of fused-ring (bicyclic) bond motifs is 1. The van der Waals surface area contributed by atoms with Crippen LogP contribution in [0.5, 0.6) is 5.75 Å². The molecule has 1 aliphatic carbocycles. The van der Waals surface area contributed by atoms with Crippen molar-refractivity contribution in [2.75, 3.05) is 50.7 Å². The summed E-state index contributed by atoms with van der Waals surface area (Å²) in [5.41, 5.74) is 2.07. The van der Waals surface area contributed by atoms with E-state index in [2.05, 4.69) is 81.3 Å². The predicted molar refractivity (Wildman–Crippen MR) is 266 cm³/mol. The zero-order valence-corrected chi connectivity index (χ0v) is 41.3. The molecule has 15 nitrogen and oxygen atoms in total. The molecule has 366 valence electrons. The maximum absolute atomic E-state index is 13.7. The van der Waals surface area contributed by atoms with Crippen LogP contribution in [0.2, 0.25) is 5.02 Å². The topological polar surface area (TPSA) is 183 Å². The molecule has 1 unspecified atom stereocenters. The van der Waals surface area contributed by atoms with Gasteiger partial charge in [0.15, 0.2) is 0 Å². The molecular weight excluding hydrogens is 906 g/mol. The fraction of sp³-hybridized carbons (Fsp3) is 0.519. The number of nitrogens with zero attached hydrogens (tertiary/aromatic N) is 7. The van der Waals surface area contributed by atoms with E-state index in [-0.39, 0.29) is 59.5 Å². The van der Waals surface area contributed by atoms with Gasteiger partial charge >= 0.3 is 0 Å². The highest BCUT2D eigenvalue weighted by Crippen LogP contribution is 2.55. The summed E-state index contributed by atoms with van der Waals surface area (Å²) in [6.45, 7) is 14.6. The minimum Gasteiger partial charge on any atom is -0.489 e. The van der Waals surface area contributed by atoms with Gasteiger partial charge in [-0.25, -0.2) is 0 Å². The van der Waals surface area contributed by atoms with Gasteiger partial charge in [0.1, 0.15) is 29.5 Å². The van der Waals surface area contributed by atoms with E-state index in [1.807, 2.05) is 30.3 Å². The molecule has 1 saturated carbocycles. The monoisotopic (exact) mass is 967 g/mol. The standard InChI is InChI=1S/C54H62ClN9O6/c1-53(2)51(54(3,4)52(53)70-41-14-12-39(32-56)43(55)31-41)58-47(66)37-10-8-34(9-11-37)6-5-7-35-18-24-61(25-19-35)33-36-20-26-63(27-21-36)49(68)38-22-28-62(29-23-38)40-13-15-44-42(30-40)50(69)64(60-59-44)45-16-17-46(65)57-48(45)67/h8-15,30-31,35-36,38,45,51-52H,7,16-29,33H2,1-4H3,(H,58,66)(H,57,65,67)/t45?,51-,52-. The lowest BCUT2D eigenvalue weighted by atomic mass is 9.49. The molecule has 16 heteroatoms. The molecule has 4 aromatic rings. The number of aromatic nitrogens is 3. The lowest BCUT2D eigenvalue weighted by Gasteiger charge is -2.63. The van der Waals surface area contributed by atoms with Crippen molar-refractivity contribution < 1.29 is 23.9 Å². The van der Waals surface area contributed by atoms with Gasteiger partial charge in [0.05, 0.1) is 16.0 Å². The molecule has 3 aromatic carbocycles. The van der Waals surface area contributed by atoms with Crippen molar-refractivity contribution in [1.29, 1.82) is 5.26 Å². The minimum atomic E-state index is -0.876. The Hall–Kier alpha value is -6.29. The van der Waals surface area contributed by atoms with Crippen LogP contribution in [0.25, 0.3) is 10.9 Å². The molecule has 9 rings (SSSR count). The van der Waals surface area contributed by atoms with Crippen molar-refractivity contribution in [3.8, 4) is 23.7 Å². The summed E-state index contributed by atoms with van der Waals surface area (Å²) in [6, 6.07) is 19.2. The van der Waals surface area contributed by atoms with E-state index < -0.39 is 17.5 Å². The molecular formula is C54H62ClN9O6. The zero-order chi connectivity index (χ0) is 49.3. The van der Waals surface area contributed by atoms with E-state index in [0.717, 1.165) is 93.6 Å². The van der Waals surface area contributed by atoms with Crippen LogP contribution in [0.15, 0.2) is 65.5 Å². The molecule has 5 fully saturated rings. The maximum atomic E-state index is 13.7. The second-order valence-corrected chi connectivity index (χ2v) is 21.6. The van der Waals surface area contributed by atoms with Gasteiger partial charge in [-0.3, -0.25) is 29.3 Å². The fourth-order valence-electron chi connectivity index (χ4n) is 11.9. The van der Waals surface area contributed by atoms with E-state index in [1.165, 1.54) is 0 Å². The molecule has 4 saturated heterocycles. The Kier molecular flexibility index (Phi) is 14.1. The molecule has 0 radical (unpaired) electrons. The third kappa shape index (κ3) is 10.1. The van der Waals surface area contributed by atoms with Gasteiger partial charge in [0.25, 0.3) is 17.4 Å². The number of carbonyl (C=O) groups excluding carboxylic acids is 4. The smallest absolute Gasteiger partial charge is 0.278 e. The molecule has 4 amide bonds. The summed E-state index contributed by atoms with van der Waals surface area (Å²) in [5, 5.41) is 23.7. The first-order valence-corrected chi connectivity index (χ1v) is 25.2. The van der Waals surface area contributed by atoms with Crippen molar-refractivity contribution in [1.82, 2.24) is 35.4 Å². The number of rotatable bonds is 10. The number of amides is 4. The number of imide groups is 1. The van der Waals surface area contributed by atoms with Gasteiger partial charge in [-0.05, 0) is 124 Å². The third-order valence-electron chi connectivity index (χ3n) is 15.7. The number of nitriles is 1. The first-order chi connectivity index (χ1) is 33.6. The quantitative estimate of drug-likeness (QED) is 0.131. The molecule has 70 heavy (non-hydrogen) atoms. The van der Waals surface area contributed by atoms with Crippen molar-refractivity contribution in [3.05, 3.63) is 92.7 Å². The number of ether oxygens (including phenoxy) is 1. The highest BCUT2D eigenvalue weighted by molar-refractivity contribution is 6.31. The highest BCUT2D eigenvalue weighted by Gasteiger charge is 2.64. The molecule has 1 aromatic heterocycles. The Morgan fingerprint density at radius 1 is 0.857 bits per heavy atom. The van der Waals surface area contributed by atoms with Crippen LogP contribution >= 0.6 is 11.6 Å². The highest BCUT2D eigenvalue weighted by atomic mass is 35.5. The van der Waals surface area contributed by atoms with Crippen molar-refractivity contribution in [2.24, 2.45) is 28.6 Å². The molecule has 2 N–H and O–H groups in total. The summed E-state index contributed by atoms with van der Waals surface area (Å²) in [6.07, 6.45) is 6.79. The summed E-state index contributed by atoms with van der Waals surface area (Å²) < 4.78 is 7.46. The summed E-state index contributed by atoms with van der Waals surface area (Å²) >= 11 is 6.26. The number of nitrogens with one attached hydrogen (secondary N) is 2. The summed E-state index contributed by atoms with van der Waals surface area (Å²) in [4.78, 5) is 71.6. The van der Waals surface area contributed by atoms with Gasteiger partial charge in [-0.2, -0.15) is 9.94 Å². The van der Waals surface area contributed by atoms with E-state index in [9.17, 15) is 29.2 Å². The molecule has 0 spiro atoms. The second kappa shape index (κ2) is 20.2. The Labute approximate surface area is 414 Å². The number of anilines is 1. The normalized spacial score (nSPS) is 23.1. The first-order valence-electron chi connectivity index (χ1n) is 24.8. The van der Waals surface area contributed by atoms with Crippen LogP contribution < -0.4 is 25.8 Å². The van der Waals surface area contributed by atoms with Gasteiger partial charge < -0.3 is 24.8 Å². The number of hydrogen-bond donors (Lipinski definition) is 2. The van der Waals surface area contributed by atoms with Gasteiger partial charge in [-0.15, -0.1) is 5.10 Å². The minimum absolute atomic E-state index is 0.0187. The molecule has 5 heterocycles. The number of carbonyl (C=O) groups is 4. The number of benzene rings is 3. The van der Waals surface area contributed by atoms with Gasteiger partial charge in [-0.1, -0.05) is 56.4 Å². The van der Waals surface area contributed by atoms with E-state index >= 15 is 0 Å². The Morgan fingerprint density at radius 3 is 2.23 bits per heavy atom. The largest absolute Gasteiger partial charge is 0.489 e. The van der Waals surface area contributed by atoms with E-state index in [4.69, 9.17) is 16.3 Å². The number of piperidine rings is 4. The Bertz CT molecular complexity index is 2810. The lowest BCUT2D eigenvalue weighted by Crippen LogP contribution is -2.74. The van der Waals surface area contributed by atoms with Crippen molar-refractivity contribution in [3.63, 3.8) is 0 Å². The van der Waals surface area contributed by atoms with Crippen LogP contribution in [-0.2, 0) is 14.4 Å². The molecule has 5 aliphatic rings. The Balaban J connectivity index is 0.673. The molecule has 1 atom stereocenters. The van der Waals surface area contributed by atoms with E-state index in [0.29, 0.717) is 57.7 Å². The number of likely N-dealkylation sites (tertiary alicyclic amines) is 2. The van der Waals surface area contributed by atoms with Gasteiger partial charge in [0, 0.05) is 91.2 Å². The van der Waals surface area contributed by atoms with E-state index in [1.54, 1.807) is 30.3 Å². The van der Waals surface area contributed by atoms with Crippen LogP contribution in [-0.4, -0.2) is 106 Å². The summed E-state index contributed by atoms with van der Waals surface area (Å²) in [7, 11) is 0. The van der Waals surface area contributed by atoms with Crippen molar-refractivity contribution in [2.45, 2.75) is 104 Å². The SMILES string of the molecule is CC1(C)[C@H](NC(=O)c2ccc(C#CCC3CCN(CC4CCN(C(=O)C5CCN(c6ccc7nnn(C8CCC(=O)NC8=O)c(=O)c7c6)CC5)CC4)CC3)cc2)C(C)(C)[C@H]1Oc1ccc(C#N)c(Cl)c1. The first kappa shape index (κ1) is 48.7. The van der Waals surface area contributed by atoms with Gasteiger partial charge in [0.2, 0.25) is 11.8 Å². The Morgan fingerprint density at radius 2 is 1.56 bits per heavy atom. The predicted octanol–water partition coefficient (Wildman–Crippen LogP) is 6.52. The zero-order valence-electron chi connectivity index (χ0n) is 40.5. The molecule has 4 aliphatic heterocycles. The average molecular weight is 969 g/mol. The number of hydrogen-bond acceptors (Lipinski definition) is 11. The van der Waals surface area contributed by atoms with Crippen molar-refractivity contribution >= 4 is 51.8 Å². The number of halogens is 1. The summed E-state index contributed by atoms with van der Waals surface area (Å²) in [5.74, 6) is 7.69.